The summed E-state index contributed by atoms with van der Waals surface area (Å²) in [6.45, 7) is 3.85. The molecule has 100 valence electrons. The van der Waals surface area contributed by atoms with Gasteiger partial charge in [0.2, 0.25) is 5.91 Å². The molecule has 0 aromatic rings. The van der Waals surface area contributed by atoms with Crippen LogP contribution in [0, 0.1) is 11.8 Å². The van der Waals surface area contributed by atoms with Crippen LogP contribution in [-0.4, -0.2) is 41.3 Å². The molecule has 0 aliphatic carbocycles. The van der Waals surface area contributed by atoms with E-state index in [4.69, 9.17) is 15.9 Å². The van der Waals surface area contributed by atoms with Gasteiger partial charge in [0.25, 0.3) is 0 Å². The molecule has 6 heteroatoms. The van der Waals surface area contributed by atoms with Crippen LogP contribution in [0.2, 0.25) is 0 Å². The lowest BCUT2D eigenvalue weighted by Gasteiger charge is -2.18. The Kier molecular flexibility index (Phi) is 7.49. The Morgan fingerprint density at radius 2 is 1.94 bits per heavy atom. The second kappa shape index (κ2) is 8.03. The van der Waals surface area contributed by atoms with Gasteiger partial charge in [-0.1, -0.05) is 13.8 Å². The van der Waals surface area contributed by atoms with E-state index in [0.717, 1.165) is 6.42 Å². The lowest BCUT2D eigenvalue weighted by Crippen LogP contribution is -2.44. The fraction of sp³-hybridized carbons (Fsp3) is 0.818. The van der Waals surface area contributed by atoms with E-state index in [1.54, 1.807) is 0 Å². The number of aliphatic carboxylic acids is 1. The Morgan fingerprint density at radius 1 is 1.35 bits per heavy atom. The zero-order valence-electron chi connectivity index (χ0n) is 10.3. The number of carbonyl (C=O) groups excluding carboxylic acids is 1. The number of aliphatic hydroxyl groups is 1. The van der Waals surface area contributed by atoms with Crippen molar-refractivity contribution in [2.24, 2.45) is 17.6 Å². The normalized spacial score (nSPS) is 14.4. The minimum atomic E-state index is -1.24. The summed E-state index contributed by atoms with van der Waals surface area (Å²) in [5.41, 5.74) is 5.55. The third-order valence-corrected chi connectivity index (χ3v) is 2.43. The fourth-order valence-electron chi connectivity index (χ4n) is 1.63. The van der Waals surface area contributed by atoms with E-state index in [1.165, 1.54) is 0 Å². The van der Waals surface area contributed by atoms with Crippen LogP contribution in [0.1, 0.15) is 26.7 Å². The predicted molar refractivity (Wildman–Crippen MR) is 63.3 cm³/mol. The van der Waals surface area contributed by atoms with Gasteiger partial charge in [0.1, 0.15) is 6.04 Å². The molecule has 0 rings (SSSR count). The topological polar surface area (TPSA) is 113 Å². The SMILES string of the molecule is CC(C)CC(CN)CC(=O)N[C@H](CO)C(=O)O. The molecule has 0 aliphatic heterocycles. The molecular formula is C11H22N2O4. The van der Waals surface area contributed by atoms with Gasteiger partial charge < -0.3 is 21.3 Å². The highest BCUT2D eigenvalue weighted by molar-refractivity contribution is 5.83. The molecule has 0 aromatic heterocycles. The zero-order chi connectivity index (χ0) is 13.4. The fourth-order valence-corrected chi connectivity index (χ4v) is 1.63. The van der Waals surface area contributed by atoms with Crippen LogP contribution in [-0.2, 0) is 9.59 Å². The number of carboxylic acids is 1. The average Bonchev–Trinajstić information content (AvgIpc) is 2.23. The molecule has 17 heavy (non-hydrogen) atoms. The molecule has 1 unspecified atom stereocenters. The molecule has 0 bridgehead atoms. The lowest BCUT2D eigenvalue weighted by molar-refractivity contribution is -0.143. The molecule has 0 aromatic carbocycles. The molecule has 0 aliphatic rings. The van der Waals surface area contributed by atoms with E-state index in [0.29, 0.717) is 12.5 Å². The highest BCUT2D eigenvalue weighted by Gasteiger charge is 2.21. The van der Waals surface area contributed by atoms with Gasteiger partial charge in [-0.25, -0.2) is 4.79 Å². The van der Waals surface area contributed by atoms with E-state index in [2.05, 4.69) is 5.32 Å². The average molecular weight is 246 g/mol. The lowest BCUT2D eigenvalue weighted by atomic mass is 9.94. The third kappa shape index (κ3) is 6.91. The summed E-state index contributed by atoms with van der Waals surface area (Å²) in [5.74, 6) is -1.15. The highest BCUT2D eigenvalue weighted by Crippen LogP contribution is 2.14. The number of carbonyl (C=O) groups is 2. The maximum Gasteiger partial charge on any atom is 0.328 e. The van der Waals surface area contributed by atoms with Gasteiger partial charge in [-0.15, -0.1) is 0 Å². The Hall–Kier alpha value is -1.14. The van der Waals surface area contributed by atoms with Gasteiger partial charge in [-0.05, 0) is 24.8 Å². The maximum absolute atomic E-state index is 11.5. The van der Waals surface area contributed by atoms with Crippen molar-refractivity contribution in [2.45, 2.75) is 32.7 Å². The number of hydrogen-bond acceptors (Lipinski definition) is 4. The molecule has 5 N–H and O–H groups in total. The number of carboxylic acid groups (broad SMARTS) is 1. The summed E-state index contributed by atoms with van der Waals surface area (Å²) in [6, 6.07) is -1.24. The molecule has 0 saturated heterocycles. The van der Waals surface area contributed by atoms with E-state index in [-0.39, 0.29) is 18.2 Å². The summed E-state index contributed by atoms with van der Waals surface area (Å²) >= 11 is 0. The second-order valence-corrected chi connectivity index (χ2v) is 4.58. The number of amides is 1. The molecule has 0 fully saturated rings. The summed E-state index contributed by atoms with van der Waals surface area (Å²) in [6.07, 6.45) is 1.01. The Morgan fingerprint density at radius 3 is 2.29 bits per heavy atom. The minimum absolute atomic E-state index is 0.0446. The van der Waals surface area contributed by atoms with Gasteiger partial charge in [-0.3, -0.25) is 4.79 Å². The van der Waals surface area contributed by atoms with Gasteiger partial charge in [0, 0.05) is 6.42 Å². The van der Waals surface area contributed by atoms with Crippen molar-refractivity contribution < 1.29 is 19.8 Å². The number of nitrogens with one attached hydrogen (secondary N) is 1. The van der Waals surface area contributed by atoms with Crippen LogP contribution in [0.3, 0.4) is 0 Å². The third-order valence-electron chi connectivity index (χ3n) is 2.43. The van der Waals surface area contributed by atoms with E-state index < -0.39 is 18.6 Å². The van der Waals surface area contributed by atoms with E-state index in [1.807, 2.05) is 13.8 Å². The Labute approximate surface area is 101 Å². The van der Waals surface area contributed by atoms with Crippen molar-refractivity contribution in [2.75, 3.05) is 13.2 Å². The molecule has 6 nitrogen and oxygen atoms in total. The first-order valence-corrected chi connectivity index (χ1v) is 5.73. The van der Waals surface area contributed by atoms with E-state index in [9.17, 15) is 9.59 Å². The minimum Gasteiger partial charge on any atom is -0.480 e. The maximum atomic E-state index is 11.5. The second-order valence-electron chi connectivity index (χ2n) is 4.58. The molecule has 0 radical (unpaired) electrons. The largest absolute Gasteiger partial charge is 0.480 e. The number of aliphatic hydroxyl groups excluding tert-OH is 1. The zero-order valence-corrected chi connectivity index (χ0v) is 10.3. The summed E-state index contributed by atoms with van der Waals surface area (Å²) < 4.78 is 0. The van der Waals surface area contributed by atoms with Gasteiger partial charge in [0.05, 0.1) is 6.61 Å². The van der Waals surface area contributed by atoms with Crippen molar-refractivity contribution >= 4 is 11.9 Å². The molecule has 1 amide bonds. The Bertz CT molecular complexity index is 256. The summed E-state index contributed by atoms with van der Waals surface area (Å²) in [7, 11) is 0. The predicted octanol–water partition coefficient (Wildman–Crippen LogP) is -0.441. The van der Waals surface area contributed by atoms with Crippen LogP contribution in [0.25, 0.3) is 0 Å². The van der Waals surface area contributed by atoms with Gasteiger partial charge in [0.15, 0.2) is 0 Å². The summed E-state index contributed by atoms with van der Waals surface area (Å²) in [5, 5.41) is 19.7. The number of rotatable bonds is 8. The molecular weight excluding hydrogens is 224 g/mol. The van der Waals surface area contributed by atoms with Crippen molar-refractivity contribution in [3.8, 4) is 0 Å². The highest BCUT2D eigenvalue weighted by atomic mass is 16.4. The quantitative estimate of drug-likeness (QED) is 0.464. The van der Waals surface area contributed by atoms with Crippen LogP contribution >= 0.6 is 0 Å². The van der Waals surface area contributed by atoms with Crippen molar-refractivity contribution in [3.05, 3.63) is 0 Å². The molecule has 0 saturated carbocycles. The van der Waals surface area contributed by atoms with Crippen molar-refractivity contribution in [1.29, 1.82) is 0 Å². The van der Waals surface area contributed by atoms with Crippen molar-refractivity contribution in [3.63, 3.8) is 0 Å². The van der Waals surface area contributed by atoms with Gasteiger partial charge in [-0.2, -0.15) is 0 Å². The number of hydrogen-bond donors (Lipinski definition) is 4. The molecule has 2 atom stereocenters. The van der Waals surface area contributed by atoms with Crippen LogP contribution in [0.5, 0.6) is 0 Å². The van der Waals surface area contributed by atoms with Crippen LogP contribution in [0.4, 0.5) is 0 Å². The van der Waals surface area contributed by atoms with E-state index >= 15 is 0 Å². The summed E-state index contributed by atoms with van der Waals surface area (Å²) in [4.78, 5) is 22.1. The van der Waals surface area contributed by atoms with Crippen molar-refractivity contribution in [1.82, 2.24) is 5.32 Å². The first-order chi connectivity index (χ1) is 7.90. The molecule has 0 heterocycles. The monoisotopic (exact) mass is 246 g/mol. The molecule has 0 spiro atoms. The first kappa shape index (κ1) is 15.9. The smallest absolute Gasteiger partial charge is 0.328 e. The van der Waals surface area contributed by atoms with Gasteiger partial charge >= 0.3 is 5.97 Å². The number of nitrogens with two attached hydrogens (primary N) is 1. The van der Waals surface area contributed by atoms with Crippen LogP contribution < -0.4 is 11.1 Å². The Balaban J connectivity index is 4.18. The standard InChI is InChI=1S/C11H22N2O4/c1-7(2)3-8(5-12)4-10(15)13-9(6-14)11(16)17/h7-9,14H,3-6,12H2,1-2H3,(H,13,15)(H,16,17)/t8?,9-/m1/s1. The van der Waals surface area contributed by atoms with Crippen LogP contribution in [0.15, 0.2) is 0 Å². The first-order valence-electron chi connectivity index (χ1n) is 5.73.